The number of carbonyl (C=O) groups excluding carboxylic acids is 2. The zero-order valence-electron chi connectivity index (χ0n) is 13.7. The normalized spacial score (nSPS) is 20.6. The molecule has 134 valence electrons. The number of primary amides is 2. The van der Waals surface area contributed by atoms with Crippen molar-refractivity contribution < 1.29 is 23.1 Å². The van der Waals surface area contributed by atoms with E-state index >= 15 is 0 Å². The molecule has 6 nitrogen and oxygen atoms in total. The molecule has 1 aromatic carbocycles. The van der Waals surface area contributed by atoms with Crippen LogP contribution in [0, 0.1) is 18.6 Å². The highest BCUT2D eigenvalue weighted by atomic mass is 19.2. The summed E-state index contributed by atoms with van der Waals surface area (Å²) in [7, 11) is 0. The Morgan fingerprint density at radius 2 is 1.96 bits per heavy atom. The Labute approximate surface area is 142 Å². The quantitative estimate of drug-likeness (QED) is 0.790. The van der Waals surface area contributed by atoms with Crippen molar-refractivity contribution in [2.24, 2.45) is 11.5 Å². The Morgan fingerprint density at radius 3 is 2.60 bits per heavy atom. The van der Waals surface area contributed by atoms with Crippen LogP contribution in [-0.4, -0.2) is 23.1 Å². The van der Waals surface area contributed by atoms with Gasteiger partial charge in [0.25, 0.3) is 5.91 Å². The number of ether oxygens (including phenoxy) is 1. The van der Waals surface area contributed by atoms with Gasteiger partial charge in [-0.25, -0.2) is 13.6 Å². The molecule has 0 aliphatic heterocycles. The zero-order valence-corrected chi connectivity index (χ0v) is 13.7. The molecule has 0 radical (unpaired) electrons. The Bertz CT molecular complexity index is 863. The molecule has 2 unspecified atom stereocenters. The van der Waals surface area contributed by atoms with Gasteiger partial charge in [-0.3, -0.25) is 4.79 Å². The number of rotatable bonds is 3. The fourth-order valence-corrected chi connectivity index (χ4v) is 3.76. The molecule has 3 rings (SSSR count). The Balaban J connectivity index is 2.13. The average molecular weight is 351 g/mol. The fraction of sp³-hybridized carbons (Fsp3) is 0.412. The maximum atomic E-state index is 14.8. The molecule has 1 aromatic heterocycles. The number of benzene rings is 1. The molecule has 0 saturated heterocycles. The number of aryl methyl sites for hydroxylation is 1. The molecule has 2 amide bonds. The third-order valence-corrected chi connectivity index (χ3v) is 4.70. The highest BCUT2D eigenvalue weighted by Gasteiger charge is 2.32. The number of aromatic amines is 1. The average Bonchev–Trinajstić information content (AvgIpc) is 2.88. The van der Waals surface area contributed by atoms with Gasteiger partial charge in [0.2, 0.25) is 0 Å². The molecule has 1 heterocycles. The maximum absolute atomic E-state index is 14.8. The second-order valence-corrected chi connectivity index (χ2v) is 6.44. The maximum Gasteiger partial charge on any atom is 0.404 e. The number of nitrogens with two attached hydrogens (primary N) is 2. The molecule has 1 fully saturated rings. The molecule has 8 heteroatoms. The highest BCUT2D eigenvalue weighted by Crippen LogP contribution is 2.41. The van der Waals surface area contributed by atoms with Crippen LogP contribution in [0.25, 0.3) is 10.9 Å². The van der Waals surface area contributed by atoms with Gasteiger partial charge in [0, 0.05) is 16.6 Å². The van der Waals surface area contributed by atoms with Crippen molar-refractivity contribution in [3.05, 3.63) is 34.5 Å². The van der Waals surface area contributed by atoms with Crippen LogP contribution in [0.3, 0.4) is 0 Å². The van der Waals surface area contributed by atoms with Crippen molar-refractivity contribution >= 4 is 22.9 Å². The van der Waals surface area contributed by atoms with E-state index in [4.69, 9.17) is 16.2 Å². The van der Waals surface area contributed by atoms with Crippen LogP contribution in [0.2, 0.25) is 0 Å². The summed E-state index contributed by atoms with van der Waals surface area (Å²) in [5, 5.41) is 0.426. The van der Waals surface area contributed by atoms with Crippen molar-refractivity contribution in [3.8, 4) is 0 Å². The number of carbonyl (C=O) groups is 2. The topological polar surface area (TPSA) is 111 Å². The van der Waals surface area contributed by atoms with Crippen molar-refractivity contribution in [2.75, 3.05) is 0 Å². The third kappa shape index (κ3) is 3.04. The molecular weight excluding hydrogens is 332 g/mol. The summed E-state index contributed by atoms with van der Waals surface area (Å²) >= 11 is 0. The lowest BCUT2D eigenvalue weighted by atomic mass is 9.80. The van der Waals surface area contributed by atoms with Crippen molar-refractivity contribution in [2.45, 2.75) is 44.6 Å². The van der Waals surface area contributed by atoms with Crippen molar-refractivity contribution in [3.63, 3.8) is 0 Å². The fourth-order valence-electron chi connectivity index (χ4n) is 3.76. The predicted octanol–water partition coefficient (Wildman–Crippen LogP) is 2.97. The summed E-state index contributed by atoms with van der Waals surface area (Å²) < 4.78 is 34.4. The van der Waals surface area contributed by atoms with E-state index in [1.807, 2.05) is 0 Å². The van der Waals surface area contributed by atoms with Gasteiger partial charge >= 0.3 is 6.09 Å². The minimum Gasteiger partial charge on any atom is -0.446 e. The number of amides is 2. The highest BCUT2D eigenvalue weighted by molar-refractivity contribution is 6.06. The number of hydrogen-bond acceptors (Lipinski definition) is 3. The smallest absolute Gasteiger partial charge is 0.404 e. The van der Waals surface area contributed by atoms with Gasteiger partial charge in [-0.2, -0.15) is 0 Å². The van der Waals surface area contributed by atoms with Gasteiger partial charge in [-0.1, -0.05) is 0 Å². The number of aromatic nitrogens is 1. The Hall–Kier alpha value is -2.64. The third-order valence-electron chi connectivity index (χ3n) is 4.70. The van der Waals surface area contributed by atoms with E-state index < -0.39 is 35.3 Å². The van der Waals surface area contributed by atoms with E-state index in [1.165, 1.54) is 0 Å². The first-order chi connectivity index (χ1) is 11.8. The molecule has 0 bridgehead atoms. The lowest BCUT2D eigenvalue weighted by Gasteiger charge is -2.29. The van der Waals surface area contributed by atoms with E-state index in [0.717, 1.165) is 0 Å². The predicted molar refractivity (Wildman–Crippen MR) is 87.1 cm³/mol. The summed E-state index contributed by atoms with van der Waals surface area (Å²) in [6, 6.07) is 1.66. The summed E-state index contributed by atoms with van der Waals surface area (Å²) in [4.78, 5) is 25.4. The van der Waals surface area contributed by atoms with Crippen LogP contribution >= 0.6 is 0 Å². The summed E-state index contributed by atoms with van der Waals surface area (Å²) in [5.74, 6) is -3.72. The van der Waals surface area contributed by atoms with Gasteiger partial charge in [-0.05, 0) is 44.6 Å². The van der Waals surface area contributed by atoms with Crippen LogP contribution in [0.15, 0.2) is 6.07 Å². The molecule has 0 spiro atoms. The van der Waals surface area contributed by atoms with E-state index in [0.29, 0.717) is 36.8 Å². The van der Waals surface area contributed by atoms with E-state index in [2.05, 4.69) is 4.98 Å². The summed E-state index contributed by atoms with van der Waals surface area (Å²) in [6.07, 6.45) is 0.942. The van der Waals surface area contributed by atoms with Gasteiger partial charge in [0.15, 0.2) is 11.6 Å². The van der Waals surface area contributed by atoms with E-state index in [9.17, 15) is 18.4 Å². The first-order valence-electron chi connectivity index (χ1n) is 8.05. The minimum atomic E-state index is -1.25. The molecule has 25 heavy (non-hydrogen) atoms. The Morgan fingerprint density at radius 1 is 1.24 bits per heavy atom. The molecule has 2 aromatic rings. The van der Waals surface area contributed by atoms with Crippen LogP contribution in [0.1, 0.15) is 53.2 Å². The lowest BCUT2D eigenvalue weighted by Crippen LogP contribution is -2.28. The zero-order chi connectivity index (χ0) is 18.3. The number of hydrogen-bond donors (Lipinski definition) is 3. The largest absolute Gasteiger partial charge is 0.446 e. The number of halogens is 2. The number of fused-ring (bicyclic) bond motifs is 1. The minimum absolute atomic E-state index is 0.180. The SMILES string of the molecule is Cc1cc2c(C3CCCC(OC(N)=O)C3)c(F)c(F)c(C(N)=O)c2[nH]1. The van der Waals surface area contributed by atoms with Crippen molar-refractivity contribution in [1.29, 1.82) is 0 Å². The van der Waals surface area contributed by atoms with Gasteiger partial charge in [0.05, 0.1) is 5.52 Å². The second kappa shape index (κ2) is 6.34. The lowest BCUT2D eigenvalue weighted by molar-refractivity contribution is 0.0765. The van der Waals surface area contributed by atoms with Gasteiger partial charge in [-0.15, -0.1) is 0 Å². The molecule has 5 N–H and O–H groups in total. The van der Waals surface area contributed by atoms with Crippen molar-refractivity contribution in [1.82, 2.24) is 4.98 Å². The van der Waals surface area contributed by atoms with E-state index in [-0.39, 0.29) is 17.0 Å². The standard InChI is InChI=1S/C17H19F2N3O3/c1-7-5-10-11(8-3-2-4-9(6-8)25-17(21)24)13(18)14(19)12(16(20)23)15(10)22-7/h5,8-9,22H,2-4,6H2,1H3,(H2,20,23)(H2,21,24). The van der Waals surface area contributed by atoms with Crippen LogP contribution in [0.5, 0.6) is 0 Å². The summed E-state index contributed by atoms with van der Waals surface area (Å²) in [5.41, 5.74) is 10.8. The molecule has 1 saturated carbocycles. The molecule has 1 aliphatic carbocycles. The monoisotopic (exact) mass is 351 g/mol. The number of nitrogens with one attached hydrogen (secondary N) is 1. The van der Waals surface area contributed by atoms with Crippen LogP contribution < -0.4 is 11.5 Å². The van der Waals surface area contributed by atoms with Crippen LogP contribution in [-0.2, 0) is 4.74 Å². The van der Waals surface area contributed by atoms with Crippen LogP contribution in [0.4, 0.5) is 13.6 Å². The second-order valence-electron chi connectivity index (χ2n) is 6.44. The Kier molecular flexibility index (Phi) is 4.36. The van der Waals surface area contributed by atoms with Gasteiger partial charge < -0.3 is 21.2 Å². The molecule has 1 aliphatic rings. The molecule has 2 atom stereocenters. The number of H-pyrrole nitrogens is 1. The van der Waals surface area contributed by atoms with Gasteiger partial charge in [0.1, 0.15) is 11.7 Å². The first-order valence-corrected chi connectivity index (χ1v) is 8.05. The first kappa shape index (κ1) is 17.2. The van der Waals surface area contributed by atoms with E-state index in [1.54, 1.807) is 13.0 Å². The molecular formula is C17H19F2N3O3. The summed E-state index contributed by atoms with van der Waals surface area (Å²) in [6.45, 7) is 1.73.